The van der Waals surface area contributed by atoms with Crippen LogP contribution in [0.4, 0.5) is 4.79 Å². The summed E-state index contributed by atoms with van der Waals surface area (Å²) in [6, 6.07) is 14.2. The maximum absolute atomic E-state index is 12.6. The van der Waals surface area contributed by atoms with E-state index in [1.54, 1.807) is 23.6 Å². The first-order valence-electron chi connectivity index (χ1n) is 8.78. The maximum atomic E-state index is 12.6. The summed E-state index contributed by atoms with van der Waals surface area (Å²) < 4.78 is 30.6. The molecule has 30 heavy (non-hydrogen) atoms. The van der Waals surface area contributed by atoms with Gasteiger partial charge < -0.3 is 20.8 Å². The average molecular weight is 429 g/mol. The number of sulfone groups is 1. The van der Waals surface area contributed by atoms with Gasteiger partial charge in [0.1, 0.15) is 5.75 Å². The lowest BCUT2D eigenvalue weighted by Crippen LogP contribution is -2.27. The van der Waals surface area contributed by atoms with Crippen molar-refractivity contribution >= 4 is 37.7 Å². The number of amides is 2. The van der Waals surface area contributed by atoms with Crippen molar-refractivity contribution in [2.75, 3.05) is 5.94 Å². The molecule has 2 aromatic carbocycles. The molecule has 0 saturated carbocycles. The maximum Gasteiger partial charge on any atom is 0.337 e. The molecule has 10 heteroatoms. The zero-order valence-electron chi connectivity index (χ0n) is 16.0. The zero-order valence-corrected chi connectivity index (χ0v) is 16.8. The minimum atomic E-state index is -4.33. The van der Waals surface area contributed by atoms with Gasteiger partial charge in [-0.25, -0.2) is 8.42 Å². The number of Topliss-reactive ketones (excluding diaryl/α,β-unsaturated/α-hetero) is 1. The predicted octanol–water partition coefficient (Wildman–Crippen LogP) is 1.50. The van der Waals surface area contributed by atoms with Gasteiger partial charge in [-0.2, -0.15) is 0 Å². The molecule has 0 aliphatic heterocycles. The summed E-state index contributed by atoms with van der Waals surface area (Å²) in [5, 5.41) is -1.30. The Morgan fingerprint density at radius 3 is 2.27 bits per heavy atom. The van der Waals surface area contributed by atoms with Gasteiger partial charge in [0.25, 0.3) is 21.5 Å². The molecule has 0 aliphatic carbocycles. The molecule has 4 N–H and O–H groups in total. The van der Waals surface area contributed by atoms with Crippen LogP contribution in [0.3, 0.4) is 0 Å². The highest BCUT2D eigenvalue weighted by Gasteiger charge is 2.27. The van der Waals surface area contributed by atoms with Crippen LogP contribution in [0.1, 0.15) is 21.6 Å². The van der Waals surface area contributed by atoms with Crippen molar-refractivity contribution in [2.24, 2.45) is 11.5 Å². The summed E-state index contributed by atoms with van der Waals surface area (Å²) in [7, 11) is -4.33. The largest absolute Gasteiger partial charge is 0.476 e. The van der Waals surface area contributed by atoms with E-state index in [9.17, 15) is 22.8 Å². The first-order valence-corrected chi connectivity index (χ1v) is 10.4. The Morgan fingerprint density at radius 2 is 1.67 bits per heavy atom. The van der Waals surface area contributed by atoms with Crippen LogP contribution in [0.25, 0.3) is 10.9 Å². The fraction of sp³-hybridized carbons (Fsp3) is 0.150. The fourth-order valence-corrected chi connectivity index (χ4v) is 3.58. The minimum Gasteiger partial charge on any atom is -0.476 e. The van der Waals surface area contributed by atoms with Crippen molar-refractivity contribution in [3.8, 4) is 5.75 Å². The van der Waals surface area contributed by atoms with E-state index < -0.39 is 32.7 Å². The summed E-state index contributed by atoms with van der Waals surface area (Å²) in [6.45, 7) is 2.04. The first-order chi connectivity index (χ1) is 14.1. The Balaban J connectivity index is 2.20. The number of rotatable bonds is 7. The van der Waals surface area contributed by atoms with Gasteiger partial charge in [0.15, 0.2) is 5.94 Å². The Hall–Kier alpha value is -3.66. The highest BCUT2D eigenvalue weighted by Crippen LogP contribution is 2.34. The van der Waals surface area contributed by atoms with E-state index in [0.29, 0.717) is 17.8 Å². The molecular formula is C20H19N3O6S. The van der Waals surface area contributed by atoms with Gasteiger partial charge in [0, 0.05) is 12.2 Å². The van der Waals surface area contributed by atoms with E-state index in [0.717, 1.165) is 5.56 Å². The predicted molar refractivity (Wildman–Crippen MR) is 110 cm³/mol. The third kappa shape index (κ3) is 3.90. The smallest absolute Gasteiger partial charge is 0.337 e. The molecule has 0 radical (unpaired) electrons. The number of nitrogens with two attached hydrogens (primary N) is 2. The van der Waals surface area contributed by atoms with Crippen molar-refractivity contribution in [1.82, 2.24) is 4.57 Å². The summed E-state index contributed by atoms with van der Waals surface area (Å²) in [5.41, 5.74) is 12.0. The molecule has 9 nitrogen and oxygen atoms in total. The quantitative estimate of drug-likeness (QED) is 0.429. The van der Waals surface area contributed by atoms with Crippen LogP contribution in [-0.4, -0.2) is 35.9 Å². The van der Waals surface area contributed by atoms with Gasteiger partial charge in [0.2, 0.25) is 0 Å². The normalized spacial score (nSPS) is 11.4. The van der Waals surface area contributed by atoms with E-state index in [2.05, 4.69) is 0 Å². The molecule has 3 aromatic rings. The van der Waals surface area contributed by atoms with E-state index in [1.165, 1.54) is 6.07 Å². The van der Waals surface area contributed by atoms with Crippen molar-refractivity contribution in [3.63, 3.8) is 0 Å². The number of aromatic nitrogens is 1. The number of fused-ring (bicyclic) bond motifs is 1. The van der Waals surface area contributed by atoms with E-state index in [1.807, 2.05) is 30.3 Å². The molecule has 2 amide bonds. The fourth-order valence-electron chi connectivity index (χ4n) is 3.18. The van der Waals surface area contributed by atoms with Crippen molar-refractivity contribution in [3.05, 3.63) is 65.4 Å². The molecule has 0 bridgehead atoms. The van der Waals surface area contributed by atoms with Gasteiger partial charge in [0.05, 0.1) is 16.5 Å². The van der Waals surface area contributed by atoms with Crippen LogP contribution >= 0.6 is 0 Å². The molecular weight excluding hydrogens is 410 g/mol. The van der Waals surface area contributed by atoms with Gasteiger partial charge in [-0.05, 0) is 24.6 Å². The van der Waals surface area contributed by atoms with Crippen LogP contribution < -0.4 is 16.2 Å². The second kappa shape index (κ2) is 7.99. The van der Waals surface area contributed by atoms with E-state index >= 15 is 0 Å². The molecule has 156 valence electrons. The molecule has 1 heterocycles. The van der Waals surface area contributed by atoms with Gasteiger partial charge >= 0.3 is 5.24 Å². The van der Waals surface area contributed by atoms with Gasteiger partial charge in [-0.3, -0.25) is 14.4 Å². The van der Waals surface area contributed by atoms with Crippen LogP contribution in [0.15, 0.2) is 48.5 Å². The third-order valence-corrected chi connectivity index (χ3v) is 5.66. The van der Waals surface area contributed by atoms with Crippen molar-refractivity contribution in [2.45, 2.75) is 13.5 Å². The van der Waals surface area contributed by atoms with Crippen LogP contribution in [0.5, 0.6) is 5.75 Å². The number of nitrogens with zero attached hydrogens (tertiary/aromatic N) is 1. The Bertz CT molecular complexity index is 1260. The van der Waals surface area contributed by atoms with Crippen molar-refractivity contribution in [1.29, 1.82) is 0 Å². The number of primary amides is 2. The van der Waals surface area contributed by atoms with Gasteiger partial charge in [-0.15, -0.1) is 0 Å². The van der Waals surface area contributed by atoms with E-state index in [4.69, 9.17) is 16.2 Å². The lowest BCUT2D eigenvalue weighted by molar-refractivity contribution is -0.114. The van der Waals surface area contributed by atoms with Crippen LogP contribution in [0.2, 0.25) is 0 Å². The van der Waals surface area contributed by atoms with Crippen LogP contribution in [-0.2, 0) is 21.2 Å². The van der Waals surface area contributed by atoms with Crippen molar-refractivity contribution < 1.29 is 27.5 Å². The monoisotopic (exact) mass is 429 g/mol. The SMILES string of the molecule is Cc1c(C(=O)C(N)=O)c2c(OCS(=O)(=O)C(N)=O)cccc2n1Cc1ccccc1. The molecule has 0 aliphatic rings. The lowest BCUT2D eigenvalue weighted by atomic mass is 10.1. The molecule has 1 aromatic heterocycles. The second-order valence-corrected chi connectivity index (χ2v) is 8.44. The highest BCUT2D eigenvalue weighted by molar-refractivity contribution is 8.05. The molecule has 0 spiro atoms. The minimum absolute atomic E-state index is 0.0110. The second-order valence-electron chi connectivity index (χ2n) is 6.57. The summed E-state index contributed by atoms with van der Waals surface area (Å²) in [4.78, 5) is 35.3. The summed E-state index contributed by atoms with van der Waals surface area (Å²) in [6.07, 6.45) is 0. The molecule has 0 saturated heterocycles. The number of carbonyl (C=O) groups excluding carboxylic acids is 3. The number of hydrogen-bond acceptors (Lipinski definition) is 6. The third-order valence-electron chi connectivity index (χ3n) is 4.62. The summed E-state index contributed by atoms with van der Waals surface area (Å²) >= 11 is 0. The molecule has 0 atom stereocenters. The topological polar surface area (TPSA) is 152 Å². The number of ether oxygens (including phenoxy) is 1. The number of hydrogen-bond donors (Lipinski definition) is 2. The Kier molecular flexibility index (Phi) is 5.61. The highest BCUT2D eigenvalue weighted by atomic mass is 32.2. The van der Waals surface area contributed by atoms with Crippen LogP contribution in [0, 0.1) is 6.92 Å². The Morgan fingerprint density at radius 1 is 1.00 bits per heavy atom. The first kappa shape index (κ1) is 21.1. The molecule has 0 fully saturated rings. The average Bonchev–Trinajstić information content (AvgIpc) is 2.98. The Labute approximate surface area is 172 Å². The molecule has 0 unspecified atom stereocenters. The van der Waals surface area contributed by atoms with E-state index in [-0.39, 0.29) is 16.7 Å². The lowest BCUT2D eigenvalue weighted by Gasteiger charge is -2.10. The number of ketones is 1. The van der Waals surface area contributed by atoms with Gasteiger partial charge in [-0.1, -0.05) is 36.4 Å². The summed E-state index contributed by atoms with van der Waals surface area (Å²) in [5.74, 6) is -3.08. The number of benzene rings is 2. The standard InChI is InChI=1S/C20H19N3O6S/c1-12-16(18(24)19(21)25)17-14(23(12)10-13-6-3-2-4-7-13)8-5-9-15(17)29-11-30(27,28)20(22)26/h2-9H,10-11H2,1H3,(H2,21,25)(H2,22,26). The zero-order chi connectivity index (χ0) is 22.1. The molecule has 3 rings (SSSR count). The number of carbonyl (C=O) groups is 3.